The van der Waals surface area contributed by atoms with Crippen LogP contribution in [0.15, 0.2) is 43.4 Å². The van der Waals surface area contributed by atoms with Crippen molar-refractivity contribution in [2.75, 3.05) is 18.0 Å². The van der Waals surface area contributed by atoms with Gasteiger partial charge in [0.05, 0.1) is 11.7 Å². The number of piperidine rings is 1. The van der Waals surface area contributed by atoms with Crippen LogP contribution in [0.25, 0.3) is 21.9 Å². The van der Waals surface area contributed by atoms with Crippen LogP contribution in [0, 0.1) is 5.92 Å². The van der Waals surface area contributed by atoms with Gasteiger partial charge in [0.2, 0.25) is 0 Å². The molecule has 4 rings (SSSR count). The first-order valence-electron chi connectivity index (χ1n) is 7.45. The van der Waals surface area contributed by atoms with Gasteiger partial charge in [-0.15, -0.1) is 6.58 Å². The van der Waals surface area contributed by atoms with Crippen LogP contribution in [0.2, 0.25) is 0 Å². The normalized spacial score (nSPS) is 19.2. The SMILES string of the molecule is C=CC1CCCN(c2cc[nH]c3cnc4nccc4c23)C1. The van der Waals surface area contributed by atoms with Crippen molar-refractivity contribution in [3.8, 4) is 0 Å². The van der Waals surface area contributed by atoms with Crippen LogP contribution >= 0.6 is 0 Å². The fourth-order valence-corrected chi connectivity index (χ4v) is 3.32. The molecule has 1 atom stereocenters. The molecule has 0 spiro atoms. The van der Waals surface area contributed by atoms with E-state index in [1.54, 1.807) is 0 Å². The molecule has 21 heavy (non-hydrogen) atoms. The highest BCUT2D eigenvalue weighted by atomic mass is 15.1. The Labute approximate surface area is 123 Å². The first-order valence-corrected chi connectivity index (χ1v) is 7.45. The van der Waals surface area contributed by atoms with E-state index in [1.807, 2.05) is 18.6 Å². The highest BCUT2D eigenvalue weighted by molar-refractivity contribution is 6.09. The highest BCUT2D eigenvalue weighted by Gasteiger charge is 2.20. The van der Waals surface area contributed by atoms with Gasteiger partial charge in [0.25, 0.3) is 0 Å². The van der Waals surface area contributed by atoms with Crippen molar-refractivity contribution in [2.45, 2.75) is 12.8 Å². The van der Waals surface area contributed by atoms with Crippen molar-refractivity contribution in [2.24, 2.45) is 5.92 Å². The molecule has 3 aromatic heterocycles. The molecule has 4 nitrogen and oxygen atoms in total. The Hall–Kier alpha value is -2.36. The number of anilines is 1. The lowest BCUT2D eigenvalue weighted by Crippen LogP contribution is -2.34. The summed E-state index contributed by atoms with van der Waals surface area (Å²) < 4.78 is 0. The molecule has 3 aromatic rings. The van der Waals surface area contributed by atoms with E-state index in [9.17, 15) is 0 Å². The minimum atomic E-state index is 0.577. The molecule has 1 saturated heterocycles. The fourth-order valence-electron chi connectivity index (χ4n) is 3.32. The van der Waals surface area contributed by atoms with Gasteiger partial charge in [-0.25, -0.2) is 9.97 Å². The minimum Gasteiger partial charge on any atom is -0.370 e. The zero-order chi connectivity index (χ0) is 14.2. The second-order valence-corrected chi connectivity index (χ2v) is 5.68. The second kappa shape index (κ2) is 4.88. The predicted molar refractivity (Wildman–Crippen MR) is 86.5 cm³/mol. The number of hydrogen-bond donors (Lipinski definition) is 1. The van der Waals surface area contributed by atoms with Crippen LogP contribution in [0.4, 0.5) is 5.69 Å². The summed E-state index contributed by atoms with van der Waals surface area (Å²) in [6.07, 6.45) is 10.2. The van der Waals surface area contributed by atoms with Crippen molar-refractivity contribution >= 4 is 27.6 Å². The summed E-state index contributed by atoms with van der Waals surface area (Å²) >= 11 is 0. The Kier molecular flexibility index (Phi) is 2.88. The average Bonchev–Trinajstić information content (AvgIpc) is 3.03. The zero-order valence-corrected chi connectivity index (χ0v) is 11.9. The summed E-state index contributed by atoms with van der Waals surface area (Å²) in [7, 11) is 0. The Morgan fingerprint density at radius 3 is 3.19 bits per heavy atom. The van der Waals surface area contributed by atoms with Crippen LogP contribution in [0.1, 0.15) is 12.8 Å². The van der Waals surface area contributed by atoms with Crippen molar-refractivity contribution in [3.63, 3.8) is 0 Å². The summed E-state index contributed by atoms with van der Waals surface area (Å²) in [5.41, 5.74) is 3.16. The predicted octanol–water partition coefficient (Wildman–Crippen LogP) is 3.51. The molecule has 0 saturated carbocycles. The van der Waals surface area contributed by atoms with Gasteiger partial charge in [-0.1, -0.05) is 6.08 Å². The third-order valence-corrected chi connectivity index (χ3v) is 4.40. The Morgan fingerprint density at radius 1 is 1.33 bits per heavy atom. The lowest BCUT2D eigenvalue weighted by atomic mass is 9.97. The molecule has 0 radical (unpaired) electrons. The summed E-state index contributed by atoms with van der Waals surface area (Å²) in [6.45, 7) is 6.10. The molecule has 0 bridgehead atoms. The molecular formula is C17H18N4. The average molecular weight is 278 g/mol. The van der Waals surface area contributed by atoms with E-state index in [0.717, 1.165) is 29.6 Å². The number of pyridine rings is 2. The van der Waals surface area contributed by atoms with Gasteiger partial charge in [0.1, 0.15) is 0 Å². The lowest BCUT2D eigenvalue weighted by Gasteiger charge is -2.33. The number of fused-ring (bicyclic) bond motifs is 3. The van der Waals surface area contributed by atoms with Crippen molar-refractivity contribution in [1.82, 2.24) is 15.0 Å². The first-order chi connectivity index (χ1) is 10.4. The molecule has 106 valence electrons. The van der Waals surface area contributed by atoms with Crippen molar-refractivity contribution in [3.05, 3.63) is 43.4 Å². The van der Waals surface area contributed by atoms with Crippen molar-refractivity contribution < 1.29 is 0 Å². The number of rotatable bonds is 2. The maximum atomic E-state index is 4.41. The maximum absolute atomic E-state index is 4.41. The molecule has 4 heterocycles. The quantitative estimate of drug-likeness (QED) is 0.730. The van der Waals surface area contributed by atoms with E-state index >= 15 is 0 Å². The van der Waals surface area contributed by atoms with E-state index in [4.69, 9.17) is 0 Å². The Balaban J connectivity index is 1.91. The highest BCUT2D eigenvalue weighted by Crippen LogP contribution is 2.33. The summed E-state index contributed by atoms with van der Waals surface area (Å²) in [5, 5.41) is 2.35. The van der Waals surface area contributed by atoms with E-state index in [2.05, 4.69) is 44.6 Å². The van der Waals surface area contributed by atoms with Gasteiger partial charge >= 0.3 is 0 Å². The second-order valence-electron chi connectivity index (χ2n) is 5.68. The summed E-state index contributed by atoms with van der Waals surface area (Å²) in [6, 6.07) is 4.22. The smallest absolute Gasteiger partial charge is 0.159 e. The largest absolute Gasteiger partial charge is 0.370 e. The third kappa shape index (κ3) is 1.98. The van der Waals surface area contributed by atoms with Crippen LogP contribution in [0.3, 0.4) is 0 Å². The standard InChI is InChI=1S/C17H18N4/c1-2-12-4-3-9-21(11-12)15-6-8-18-14-10-20-17-13(16(14)15)5-7-19-17/h2,5-8,10,12,18H,1,3-4,9,11H2. The first kappa shape index (κ1) is 12.4. The van der Waals surface area contributed by atoms with E-state index < -0.39 is 0 Å². The molecule has 1 aliphatic rings. The maximum Gasteiger partial charge on any atom is 0.159 e. The minimum absolute atomic E-state index is 0.577. The van der Waals surface area contributed by atoms with E-state index in [-0.39, 0.29) is 0 Å². The monoisotopic (exact) mass is 278 g/mol. The number of H-pyrrole nitrogens is 1. The van der Waals surface area contributed by atoms with Crippen LogP contribution in [0.5, 0.6) is 0 Å². The molecule has 0 aliphatic carbocycles. The zero-order valence-electron chi connectivity index (χ0n) is 11.9. The Bertz CT molecular complexity index is 805. The summed E-state index contributed by atoms with van der Waals surface area (Å²) in [4.78, 5) is 14.5. The van der Waals surface area contributed by atoms with Crippen LogP contribution < -0.4 is 4.90 Å². The third-order valence-electron chi connectivity index (χ3n) is 4.40. The number of nitrogens with one attached hydrogen (secondary N) is 1. The molecule has 0 amide bonds. The molecule has 0 aromatic carbocycles. The van der Waals surface area contributed by atoms with Crippen LogP contribution in [-0.2, 0) is 0 Å². The van der Waals surface area contributed by atoms with Crippen LogP contribution in [-0.4, -0.2) is 28.0 Å². The van der Waals surface area contributed by atoms with Gasteiger partial charge in [-0.05, 0) is 30.9 Å². The molecule has 1 N–H and O–H groups in total. The molecule has 1 unspecified atom stereocenters. The van der Waals surface area contributed by atoms with Gasteiger partial charge in [-0.2, -0.15) is 0 Å². The molecule has 1 fully saturated rings. The van der Waals surface area contributed by atoms with Gasteiger partial charge in [0, 0.05) is 41.9 Å². The van der Waals surface area contributed by atoms with E-state index in [1.165, 1.54) is 23.9 Å². The molecule has 4 heteroatoms. The number of nitrogens with zero attached hydrogens (tertiary/aromatic N) is 3. The van der Waals surface area contributed by atoms with Crippen molar-refractivity contribution in [1.29, 1.82) is 0 Å². The fraction of sp³-hybridized carbons (Fsp3) is 0.294. The molecule has 1 aliphatic heterocycles. The topological polar surface area (TPSA) is 44.8 Å². The van der Waals surface area contributed by atoms with E-state index in [0.29, 0.717) is 5.92 Å². The number of aromatic amines is 1. The van der Waals surface area contributed by atoms with Gasteiger partial charge in [0.15, 0.2) is 5.65 Å². The summed E-state index contributed by atoms with van der Waals surface area (Å²) in [5.74, 6) is 0.577. The lowest BCUT2D eigenvalue weighted by molar-refractivity contribution is 0.486. The molecular weight excluding hydrogens is 260 g/mol. The Morgan fingerprint density at radius 2 is 2.29 bits per heavy atom. The number of hydrogen-bond acceptors (Lipinski definition) is 3. The van der Waals surface area contributed by atoms with Gasteiger partial charge < -0.3 is 9.88 Å². The van der Waals surface area contributed by atoms with Gasteiger partial charge in [-0.3, -0.25) is 0 Å². The number of aromatic nitrogens is 3.